The first-order chi connectivity index (χ1) is 10.6. The molecule has 23 heavy (non-hydrogen) atoms. The molecular weight excluding hydrogens is 336 g/mol. The summed E-state index contributed by atoms with van der Waals surface area (Å²) in [6.45, 7) is 2.36. The van der Waals surface area contributed by atoms with Gasteiger partial charge in [-0.05, 0) is 12.5 Å². The molecule has 1 aromatic carbocycles. The summed E-state index contributed by atoms with van der Waals surface area (Å²) >= 11 is 1.38. The molecule has 0 fully saturated rings. The van der Waals surface area contributed by atoms with Crippen molar-refractivity contribution in [3.05, 3.63) is 40.4 Å². The average Bonchev–Trinajstić information content (AvgIpc) is 2.94. The van der Waals surface area contributed by atoms with Crippen molar-refractivity contribution in [1.82, 2.24) is 10.2 Å². The number of aromatic nitrogens is 2. The van der Waals surface area contributed by atoms with Gasteiger partial charge < -0.3 is 15.8 Å². The molecule has 0 saturated carbocycles. The molecule has 6 nitrogen and oxygen atoms in total. The molecule has 1 aromatic heterocycles. The lowest BCUT2D eigenvalue weighted by atomic mass is 10.1. The monoisotopic (exact) mass is 356 g/mol. The first-order valence-electron chi connectivity index (χ1n) is 7.01. The van der Waals surface area contributed by atoms with E-state index in [1.807, 2.05) is 0 Å². The van der Waals surface area contributed by atoms with Gasteiger partial charge in [-0.1, -0.05) is 41.2 Å². The van der Waals surface area contributed by atoms with Gasteiger partial charge in [0, 0.05) is 20.1 Å². The van der Waals surface area contributed by atoms with Crippen molar-refractivity contribution in [1.29, 1.82) is 0 Å². The summed E-state index contributed by atoms with van der Waals surface area (Å²) in [6, 6.07) is 8.27. The number of benzene rings is 1. The number of amides is 1. The summed E-state index contributed by atoms with van der Waals surface area (Å²) < 4.78 is 5.08. The number of halogens is 1. The smallest absolute Gasteiger partial charge is 0.228 e. The highest BCUT2D eigenvalue weighted by Crippen LogP contribution is 2.19. The molecule has 126 valence electrons. The van der Waals surface area contributed by atoms with Crippen molar-refractivity contribution in [2.24, 2.45) is 5.73 Å². The predicted octanol–water partition coefficient (Wildman–Crippen LogP) is 2.16. The highest BCUT2D eigenvalue weighted by Gasteiger charge is 2.13. The minimum Gasteiger partial charge on any atom is -0.380 e. The quantitative estimate of drug-likeness (QED) is 0.793. The number of ether oxygens (including phenoxy) is 1. The molecule has 0 aliphatic carbocycles. The zero-order chi connectivity index (χ0) is 15.9. The number of aryl methyl sites for hydroxylation is 1. The average molecular weight is 357 g/mol. The van der Waals surface area contributed by atoms with Crippen molar-refractivity contribution < 1.29 is 9.53 Å². The number of nitrogens with zero attached hydrogens (tertiary/aromatic N) is 2. The second kappa shape index (κ2) is 9.57. The molecular formula is C15H21ClN4O2S. The predicted molar refractivity (Wildman–Crippen MR) is 94.2 cm³/mol. The SMILES string of the molecule is COC(CN)CC(=O)Nc1nnc(Cc2ccc(C)cc2)s1.Cl. The highest BCUT2D eigenvalue weighted by molar-refractivity contribution is 7.15. The van der Waals surface area contributed by atoms with Gasteiger partial charge in [-0.25, -0.2) is 0 Å². The summed E-state index contributed by atoms with van der Waals surface area (Å²) in [5.74, 6) is -0.171. The third-order valence-corrected chi connectivity index (χ3v) is 4.04. The number of nitrogens with two attached hydrogens (primary N) is 1. The van der Waals surface area contributed by atoms with Crippen molar-refractivity contribution in [3.8, 4) is 0 Å². The van der Waals surface area contributed by atoms with Gasteiger partial charge in [0.2, 0.25) is 11.0 Å². The number of carbonyl (C=O) groups excluding carboxylic acids is 1. The number of nitrogens with one attached hydrogen (secondary N) is 1. The van der Waals surface area contributed by atoms with Crippen LogP contribution in [0.15, 0.2) is 24.3 Å². The van der Waals surface area contributed by atoms with Crippen LogP contribution < -0.4 is 11.1 Å². The van der Waals surface area contributed by atoms with Crippen LogP contribution in [0.25, 0.3) is 0 Å². The Balaban J connectivity index is 0.00000264. The second-order valence-corrected chi connectivity index (χ2v) is 6.07. The number of hydrogen-bond donors (Lipinski definition) is 2. The minimum absolute atomic E-state index is 0. The van der Waals surface area contributed by atoms with Crippen LogP contribution in [-0.2, 0) is 16.0 Å². The molecule has 8 heteroatoms. The summed E-state index contributed by atoms with van der Waals surface area (Å²) in [7, 11) is 1.54. The maximum Gasteiger partial charge on any atom is 0.228 e. The third kappa shape index (κ3) is 6.23. The van der Waals surface area contributed by atoms with Crippen LogP contribution in [-0.4, -0.2) is 35.9 Å². The Morgan fingerprint density at radius 3 is 2.65 bits per heavy atom. The Morgan fingerprint density at radius 1 is 1.35 bits per heavy atom. The Bertz CT molecular complexity index is 614. The van der Waals surface area contributed by atoms with E-state index in [0.717, 1.165) is 5.01 Å². The van der Waals surface area contributed by atoms with Crippen molar-refractivity contribution in [2.75, 3.05) is 19.0 Å². The fourth-order valence-electron chi connectivity index (χ4n) is 1.90. The Kier molecular flexibility index (Phi) is 8.11. The van der Waals surface area contributed by atoms with Crippen LogP contribution in [0.1, 0.15) is 22.6 Å². The van der Waals surface area contributed by atoms with E-state index >= 15 is 0 Å². The molecule has 1 heterocycles. The lowest BCUT2D eigenvalue weighted by Crippen LogP contribution is -2.28. The molecule has 0 saturated heterocycles. The van der Waals surface area contributed by atoms with Gasteiger partial charge in [-0.3, -0.25) is 4.79 Å². The molecule has 2 aromatic rings. The molecule has 0 radical (unpaired) electrons. The maximum atomic E-state index is 11.8. The van der Waals surface area contributed by atoms with Crippen LogP contribution in [0, 0.1) is 6.92 Å². The normalized spacial score (nSPS) is 11.6. The molecule has 0 bridgehead atoms. The van der Waals surface area contributed by atoms with Crippen LogP contribution in [0.3, 0.4) is 0 Å². The summed E-state index contributed by atoms with van der Waals surface area (Å²) in [5, 5.41) is 12.2. The van der Waals surface area contributed by atoms with Crippen molar-refractivity contribution >= 4 is 34.8 Å². The van der Waals surface area contributed by atoms with Gasteiger partial charge >= 0.3 is 0 Å². The Hall–Kier alpha value is -1.54. The van der Waals surface area contributed by atoms with Crippen LogP contribution in [0.4, 0.5) is 5.13 Å². The fraction of sp³-hybridized carbons (Fsp3) is 0.400. The van der Waals surface area contributed by atoms with E-state index in [2.05, 4.69) is 46.7 Å². The molecule has 0 aliphatic heterocycles. The van der Waals surface area contributed by atoms with Crippen LogP contribution >= 0.6 is 23.7 Å². The Labute approximate surface area is 145 Å². The van der Waals surface area contributed by atoms with E-state index in [4.69, 9.17) is 10.5 Å². The number of hydrogen-bond acceptors (Lipinski definition) is 6. The van der Waals surface area contributed by atoms with Crippen molar-refractivity contribution in [2.45, 2.75) is 25.9 Å². The summed E-state index contributed by atoms with van der Waals surface area (Å²) in [5.41, 5.74) is 7.89. The van der Waals surface area contributed by atoms with E-state index in [1.165, 1.54) is 29.6 Å². The van der Waals surface area contributed by atoms with Gasteiger partial charge in [-0.2, -0.15) is 0 Å². The number of anilines is 1. The van der Waals surface area contributed by atoms with Gasteiger partial charge in [0.05, 0.1) is 12.5 Å². The number of rotatable bonds is 7. The zero-order valence-corrected chi connectivity index (χ0v) is 14.7. The van der Waals surface area contributed by atoms with Crippen molar-refractivity contribution in [3.63, 3.8) is 0 Å². The molecule has 0 aliphatic rings. The first-order valence-corrected chi connectivity index (χ1v) is 7.83. The topological polar surface area (TPSA) is 90.1 Å². The number of carbonyl (C=O) groups is 1. The van der Waals surface area contributed by atoms with Gasteiger partial charge in [0.25, 0.3) is 0 Å². The molecule has 1 amide bonds. The standard InChI is InChI=1S/C15H20N4O2S.ClH/c1-10-3-5-11(6-4-10)7-14-18-19-15(22-14)17-13(20)8-12(9-16)21-2;/h3-6,12H,7-9,16H2,1-2H3,(H,17,19,20);1H. The van der Waals surface area contributed by atoms with E-state index in [-0.39, 0.29) is 30.8 Å². The molecule has 1 atom stereocenters. The van der Waals surface area contributed by atoms with Crippen LogP contribution in [0.5, 0.6) is 0 Å². The maximum absolute atomic E-state index is 11.8. The van der Waals surface area contributed by atoms with Crippen LogP contribution in [0.2, 0.25) is 0 Å². The Morgan fingerprint density at radius 2 is 2.04 bits per heavy atom. The lowest BCUT2D eigenvalue weighted by molar-refractivity contribution is -0.118. The second-order valence-electron chi connectivity index (χ2n) is 5.01. The largest absolute Gasteiger partial charge is 0.380 e. The lowest BCUT2D eigenvalue weighted by Gasteiger charge is -2.11. The third-order valence-electron chi connectivity index (χ3n) is 3.20. The molecule has 2 rings (SSSR count). The number of methoxy groups -OCH3 is 1. The summed E-state index contributed by atoms with van der Waals surface area (Å²) in [6.07, 6.45) is 0.636. The molecule has 1 unspecified atom stereocenters. The fourth-order valence-corrected chi connectivity index (χ4v) is 2.69. The van der Waals surface area contributed by atoms with Gasteiger partial charge in [0.15, 0.2) is 0 Å². The van der Waals surface area contributed by atoms with E-state index in [0.29, 0.717) is 18.1 Å². The highest BCUT2D eigenvalue weighted by atomic mass is 35.5. The van der Waals surface area contributed by atoms with Gasteiger partial charge in [0.1, 0.15) is 5.01 Å². The van der Waals surface area contributed by atoms with E-state index in [9.17, 15) is 4.79 Å². The molecule has 0 spiro atoms. The van der Waals surface area contributed by atoms with E-state index < -0.39 is 0 Å². The summed E-state index contributed by atoms with van der Waals surface area (Å²) in [4.78, 5) is 11.8. The molecule has 3 N–H and O–H groups in total. The van der Waals surface area contributed by atoms with Gasteiger partial charge in [-0.15, -0.1) is 22.6 Å². The minimum atomic E-state index is -0.278. The first kappa shape index (κ1) is 19.5. The zero-order valence-electron chi connectivity index (χ0n) is 13.1. The van der Waals surface area contributed by atoms with E-state index in [1.54, 1.807) is 0 Å².